The van der Waals surface area contributed by atoms with E-state index in [0.717, 1.165) is 10.7 Å². The number of anilines is 1. The van der Waals surface area contributed by atoms with Crippen LogP contribution in [-0.4, -0.2) is 15.7 Å². The summed E-state index contributed by atoms with van der Waals surface area (Å²) in [6, 6.07) is 8.21. The van der Waals surface area contributed by atoms with Gasteiger partial charge in [0.25, 0.3) is 5.56 Å². The van der Waals surface area contributed by atoms with Crippen LogP contribution < -0.4 is 10.9 Å². The number of hydrogen-bond donors (Lipinski definition) is 1. The Labute approximate surface area is 161 Å². The van der Waals surface area contributed by atoms with Crippen LogP contribution in [0.4, 0.5) is 23.2 Å². The number of halogens is 4. The minimum atomic E-state index is -4.89. The minimum Gasteiger partial charge on any atom is -0.463 e. The Hall–Kier alpha value is -3.43. The number of nitrogens with zero attached hydrogens (tertiary/aromatic N) is 2. The molecule has 0 spiro atoms. The summed E-state index contributed by atoms with van der Waals surface area (Å²) >= 11 is 0. The van der Waals surface area contributed by atoms with Crippen LogP contribution in [0.15, 0.2) is 57.9 Å². The molecule has 0 fully saturated rings. The van der Waals surface area contributed by atoms with E-state index >= 15 is 0 Å². The molecule has 0 bridgehead atoms. The monoisotopic (exact) mass is 409 g/mol. The second-order valence-corrected chi connectivity index (χ2v) is 6.30. The van der Waals surface area contributed by atoms with Gasteiger partial charge in [-0.05, 0) is 36.4 Å². The zero-order chi connectivity index (χ0) is 21.2. The SMILES string of the molecule is C[C@@H](Cn1nc(-c2ccco2)ccc1=O)C(=O)Nc1ccc(F)c(C(F)(F)F)c1. The van der Waals surface area contributed by atoms with Crippen molar-refractivity contribution in [3.05, 3.63) is 70.5 Å². The molecule has 1 N–H and O–H groups in total. The van der Waals surface area contributed by atoms with E-state index in [9.17, 15) is 27.2 Å². The second kappa shape index (κ2) is 7.90. The molecule has 0 saturated heterocycles. The van der Waals surface area contributed by atoms with Crippen LogP contribution in [0, 0.1) is 11.7 Å². The van der Waals surface area contributed by atoms with Crippen LogP contribution in [-0.2, 0) is 17.5 Å². The van der Waals surface area contributed by atoms with Crippen molar-refractivity contribution in [2.75, 3.05) is 5.32 Å². The molecule has 0 radical (unpaired) electrons. The Morgan fingerprint density at radius 3 is 2.66 bits per heavy atom. The van der Waals surface area contributed by atoms with Crippen molar-refractivity contribution in [2.45, 2.75) is 19.6 Å². The van der Waals surface area contributed by atoms with Crippen LogP contribution >= 0.6 is 0 Å². The summed E-state index contributed by atoms with van der Waals surface area (Å²) in [7, 11) is 0. The lowest BCUT2D eigenvalue weighted by Gasteiger charge is -2.15. The maximum Gasteiger partial charge on any atom is 0.419 e. The van der Waals surface area contributed by atoms with Gasteiger partial charge in [-0.1, -0.05) is 6.92 Å². The molecule has 29 heavy (non-hydrogen) atoms. The van der Waals surface area contributed by atoms with Gasteiger partial charge in [0, 0.05) is 11.8 Å². The number of carbonyl (C=O) groups is 1. The first-order chi connectivity index (χ1) is 13.6. The molecule has 0 unspecified atom stereocenters. The van der Waals surface area contributed by atoms with Gasteiger partial charge in [0.1, 0.15) is 11.5 Å². The first-order valence-electron chi connectivity index (χ1n) is 8.45. The fourth-order valence-electron chi connectivity index (χ4n) is 2.56. The molecule has 2 aromatic heterocycles. The Balaban J connectivity index is 1.75. The predicted molar refractivity (Wildman–Crippen MR) is 95.4 cm³/mol. The molecule has 2 heterocycles. The summed E-state index contributed by atoms with van der Waals surface area (Å²) in [5.41, 5.74) is -1.76. The number of carbonyl (C=O) groups excluding carboxylic acids is 1. The van der Waals surface area contributed by atoms with Crippen molar-refractivity contribution < 1.29 is 26.8 Å². The van der Waals surface area contributed by atoms with Gasteiger partial charge in [0.05, 0.1) is 24.3 Å². The molecule has 6 nitrogen and oxygen atoms in total. The highest BCUT2D eigenvalue weighted by Gasteiger charge is 2.34. The van der Waals surface area contributed by atoms with E-state index in [-0.39, 0.29) is 12.2 Å². The molecule has 1 atom stereocenters. The summed E-state index contributed by atoms with van der Waals surface area (Å²) in [5.74, 6) is -2.47. The van der Waals surface area contributed by atoms with Crippen LogP contribution in [0.1, 0.15) is 12.5 Å². The van der Waals surface area contributed by atoms with Crippen molar-refractivity contribution in [3.8, 4) is 11.5 Å². The van der Waals surface area contributed by atoms with Crippen LogP contribution in [0.3, 0.4) is 0 Å². The number of hydrogen-bond acceptors (Lipinski definition) is 4. The highest BCUT2D eigenvalue weighted by Crippen LogP contribution is 2.33. The third-order valence-corrected chi connectivity index (χ3v) is 4.07. The smallest absolute Gasteiger partial charge is 0.419 e. The summed E-state index contributed by atoms with van der Waals surface area (Å²) in [4.78, 5) is 24.4. The molecule has 3 rings (SSSR count). The number of furan rings is 1. The third-order valence-electron chi connectivity index (χ3n) is 4.07. The van der Waals surface area contributed by atoms with Crippen molar-refractivity contribution in [1.82, 2.24) is 9.78 Å². The molecule has 1 aromatic carbocycles. The van der Waals surface area contributed by atoms with Crippen LogP contribution in [0.2, 0.25) is 0 Å². The topological polar surface area (TPSA) is 77.1 Å². The molecule has 10 heteroatoms. The highest BCUT2D eigenvalue weighted by atomic mass is 19.4. The van der Waals surface area contributed by atoms with Crippen LogP contribution in [0.25, 0.3) is 11.5 Å². The minimum absolute atomic E-state index is 0.119. The lowest BCUT2D eigenvalue weighted by atomic mass is 10.1. The van der Waals surface area contributed by atoms with Crippen LogP contribution in [0.5, 0.6) is 0 Å². The van der Waals surface area contributed by atoms with E-state index in [1.165, 1.54) is 25.3 Å². The largest absolute Gasteiger partial charge is 0.463 e. The Kier molecular flexibility index (Phi) is 5.53. The van der Waals surface area contributed by atoms with E-state index in [1.54, 1.807) is 12.1 Å². The molecule has 0 aliphatic rings. The van der Waals surface area contributed by atoms with E-state index in [1.807, 2.05) is 0 Å². The molecule has 0 saturated carbocycles. The average Bonchev–Trinajstić information content (AvgIpc) is 3.18. The average molecular weight is 409 g/mol. The molecular weight excluding hydrogens is 394 g/mol. The van der Waals surface area contributed by atoms with Gasteiger partial charge < -0.3 is 9.73 Å². The number of nitrogens with one attached hydrogen (secondary N) is 1. The lowest BCUT2D eigenvalue weighted by molar-refractivity contribution is -0.140. The number of rotatable bonds is 5. The number of amides is 1. The normalized spacial score (nSPS) is 12.6. The fraction of sp³-hybridized carbons (Fsp3) is 0.211. The number of aromatic nitrogens is 2. The Morgan fingerprint density at radius 2 is 2.00 bits per heavy atom. The maximum atomic E-state index is 13.4. The maximum absolute atomic E-state index is 13.4. The zero-order valence-corrected chi connectivity index (χ0v) is 15.0. The van der Waals surface area contributed by atoms with Gasteiger partial charge in [0.15, 0.2) is 5.76 Å². The van der Waals surface area contributed by atoms with Crippen molar-refractivity contribution in [3.63, 3.8) is 0 Å². The standard InChI is InChI=1S/C19H15F4N3O3/c1-11(10-26-17(27)7-6-15(25-26)16-3-2-8-29-16)18(28)24-12-4-5-14(20)13(9-12)19(21,22)23/h2-9,11H,10H2,1H3,(H,24,28)/t11-/m0/s1. The summed E-state index contributed by atoms with van der Waals surface area (Å²) in [6.07, 6.45) is -3.44. The summed E-state index contributed by atoms with van der Waals surface area (Å²) < 4.78 is 58.1. The number of benzene rings is 1. The fourth-order valence-corrected chi connectivity index (χ4v) is 2.56. The van der Waals surface area contributed by atoms with Gasteiger partial charge in [-0.3, -0.25) is 9.59 Å². The first-order valence-corrected chi connectivity index (χ1v) is 8.45. The van der Waals surface area contributed by atoms with Gasteiger partial charge in [-0.15, -0.1) is 0 Å². The molecular formula is C19H15F4N3O3. The first kappa shape index (κ1) is 20.3. The van der Waals surface area contributed by atoms with Crippen molar-refractivity contribution in [2.24, 2.45) is 5.92 Å². The molecule has 0 aliphatic heterocycles. The molecule has 1 amide bonds. The predicted octanol–water partition coefficient (Wildman–Crippen LogP) is 3.94. The van der Waals surface area contributed by atoms with Gasteiger partial charge in [-0.2, -0.15) is 18.3 Å². The van der Waals surface area contributed by atoms with Gasteiger partial charge >= 0.3 is 6.18 Å². The van der Waals surface area contributed by atoms with Gasteiger partial charge in [-0.25, -0.2) is 9.07 Å². The number of alkyl halides is 3. The van der Waals surface area contributed by atoms with E-state index < -0.39 is 34.9 Å². The quantitative estimate of drug-likeness (QED) is 0.648. The Morgan fingerprint density at radius 1 is 1.24 bits per heavy atom. The van der Waals surface area contributed by atoms with E-state index in [2.05, 4.69) is 10.4 Å². The van der Waals surface area contributed by atoms with Crippen molar-refractivity contribution in [1.29, 1.82) is 0 Å². The lowest BCUT2D eigenvalue weighted by Crippen LogP contribution is -2.31. The molecule has 0 aliphatic carbocycles. The molecule has 3 aromatic rings. The van der Waals surface area contributed by atoms with Gasteiger partial charge in [0.2, 0.25) is 5.91 Å². The molecule has 152 valence electrons. The Bertz CT molecular complexity index is 1080. The highest BCUT2D eigenvalue weighted by molar-refractivity contribution is 5.92. The summed E-state index contributed by atoms with van der Waals surface area (Å²) in [5, 5.41) is 6.43. The summed E-state index contributed by atoms with van der Waals surface area (Å²) in [6.45, 7) is 1.36. The van der Waals surface area contributed by atoms with Crippen molar-refractivity contribution >= 4 is 11.6 Å². The van der Waals surface area contributed by atoms with E-state index in [0.29, 0.717) is 23.6 Å². The second-order valence-electron chi connectivity index (χ2n) is 6.30. The zero-order valence-electron chi connectivity index (χ0n) is 15.0. The van der Waals surface area contributed by atoms with E-state index in [4.69, 9.17) is 4.42 Å². The third kappa shape index (κ3) is 4.71.